The van der Waals surface area contributed by atoms with Gasteiger partial charge in [0.05, 0.1) is 10.5 Å². The van der Waals surface area contributed by atoms with Crippen molar-refractivity contribution in [1.29, 1.82) is 0 Å². The lowest BCUT2D eigenvalue weighted by molar-refractivity contribution is 0.0789. The summed E-state index contributed by atoms with van der Waals surface area (Å²) in [5.41, 5.74) is 0.949. The Morgan fingerprint density at radius 1 is 1.37 bits per heavy atom. The number of carbonyl (C=O) groups is 1. The Kier molecular flexibility index (Phi) is 5.38. The van der Waals surface area contributed by atoms with Crippen LogP contribution in [0.3, 0.4) is 0 Å². The quantitative estimate of drug-likeness (QED) is 0.786. The van der Waals surface area contributed by atoms with E-state index in [9.17, 15) is 13.2 Å². The molecule has 0 aliphatic heterocycles. The molecule has 1 amide bonds. The second-order valence-electron chi connectivity index (χ2n) is 4.52. The minimum atomic E-state index is -3.92. The van der Waals surface area contributed by atoms with E-state index < -0.39 is 9.05 Å². The van der Waals surface area contributed by atoms with Crippen LogP contribution in [0.1, 0.15) is 35.7 Å². The van der Waals surface area contributed by atoms with Gasteiger partial charge in [-0.25, -0.2) is 8.42 Å². The number of hydrogen-bond donors (Lipinski definition) is 0. The molecule has 6 heteroatoms. The van der Waals surface area contributed by atoms with E-state index in [1.54, 1.807) is 26.1 Å². The highest BCUT2D eigenvalue weighted by Gasteiger charge is 2.22. The summed E-state index contributed by atoms with van der Waals surface area (Å²) in [4.78, 5) is 13.7. The third kappa shape index (κ3) is 4.21. The summed E-state index contributed by atoms with van der Waals surface area (Å²) in [5, 5.41) is 0. The van der Waals surface area contributed by atoms with E-state index in [0.717, 1.165) is 18.4 Å². The first-order chi connectivity index (χ1) is 8.77. The molecule has 1 rings (SSSR count). The van der Waals surface area contributed by atoms with Crippen molar-refractivity contribution in [1.82, 2.24) is 4.90 Å². The lowest BCUT2D eigenvalue weighted by Crippen LogP contribution is -2.28. The van der Waals surface area contributed by atoms with Crippen LogP contribution < -0.4 is 0 Å². The molecular formula is C13H18ClNO3S. The highest BCUT2D eigenvalue weighted by molar-refractivity contribution is 8.13. The number of amides is 1. The van der Waals surface area contributed by atoms with Gasteiger partial charge in [-0.05, 0) is 25.5 Å². The minimum absolute atomic E-state index is 0.131. The van der Waals surface area contributed by atoms with E-state index in [1.807, 2.05) is 6.92 Å². The Labute approximate surface area is 118 Å². The maximum absolute atomic E-state index is 12.3. The first-order valence-corrected chi connectivity index (χ1v) is 8.39. The van der Waals surface area contributed by atoms with E-state index in [-0.39, 0.29) is 16.4 Å². The summed E-state index contributed by atoms with van der Waals surface area (Å²) >= 11 is 0. The van der Waals surface area contributed by atoms with Crippen molar-refractivity contribution in [2.24, 2.45) is 0 Å². The molecule has 0 aliphatic rings. The predicted molar refractivity (Wildman–Crippen MR) is 76.1 cm³/mol. The fraction of sp³-hybridized carbons (Fsp3) is 0.462. The molecule has 0 aliphatic carbocycles. The maximum Gasteiger partial charge on any atom is 0.262 e. The molecule has 106 valence electrons. The molecular weight excluding hydrogens is 286 g/mol. The smallest absolute Gasteiger partial charge is 0.262 e. The van der Waals surface area contributed by atoms with E-state index in [1.165, 1.54) is 11.0 Å². The fourth-order valence-corrected chi connectivity index (χ4v) is 2.77. The Hall–Kier alpha value is -1.07. The molecule has 0 saturated carbocycles. The van der Waals surface area contributed by atoms with E-state index in [4.69, 9.17) is 10.7 Å². The summed E-state index contributed by atoms with van der Waals surface area (Å²) in [6.45, 7) is 4.41. The maximum atomic E-state index is 12.3. The number of halogens is 1. The summed E-state index contributed by atoms with van der Waals surface area (Å²) in [5.74, 6) is -0.323. The van der Waals surface area contributed by atoms with Crippen LogP contribution in [0.15, 0.2) is 23.1 Å². The van der Waals surface area contributed by atoms with Crippen LogP contribution in [0, 0.1) is 6.92 Å². The average Bonchev–Trinajstić information content (AvgIpc) is 2.33. The van der Waals surface area contributed by atoms with E-state index in [2.05, 4.69) is 0 Å². The van der Waals surface area contributed by atoms with Crippen LogP contribution in [0.4, 0.5) is 0 Å². The van der Waals surface area contributed by atoms with Crippen molar-refractivity contribution in [3.63, 3.8) is 0 Å². The van der Waals surface area contributed by atoms with Crippen LogP contribution in [0.5, 0.6) is 0 Å². The number of hydrogen-bond acceptors (Lipinski definition) is 3. The Morgan fingerprint density at radius 2 is 2.00 bits per heavy atom. The first kappa shape index (κ1) is 16.0. The molecule has 0 heterocycles. The number of carbonyl (C=O) groups excluding carboxylic acids is 1. The number of aryl methyl sites for hydroxylation is 1. The standard InChI is InChI=1S/C13H18ClNO3S/c1-4-5-8-15(3)13(16)11-9-10(2)6-7-12(11)19(14,17)18/h6-7,9H,4-5,8H2,1-3H3. The number of rotatable bonds is 5. The van der Waals surface area contributed by atoms with Gasteiger partial charge in [-0.15, -0.1) is 0 Å². The third-order valence-corrected chi connectivity index (χ3v) is 4.20. The first-order valence-electron chi connectivity index (χ1n) is 6.08. The monoisotopic (exact) mass is 303 g/mol. The molecule has 0 bridgehead atoms. The molecule has 19 heavy (non-hydrogen) atoms. The zero-order valence-corrected chi connectivity index (χ0v) is 12.9. The van der Waals surface area contributed by atoms with Gasteiger partial charge in [0.25, 0.3) is 15.0 Å². The molecule has 0 aromatic heterocycles. The van der Waals surface area contributed by atoms with Crippen LogP contribution in [0.25, 0.3) is 0 Å². The molecule has 1 aromatic rings. The molecule has 1 aromatic carbocycles. The molecule has 0 fully saturated rings. The zero-order chi connectivity index (χ0) is 14.6. The molecule has 0 atom stereocenters. The van der Waals surface area contributed by atoms with Crippen molar-refractivity contribution in [2.75, 3.05) is 13.6 Å². The normalized spacial score (nSPS) is 11.4. The van der Waals surface area contributed by atoms with Gasteiger partial charge in [-0.2, -0.15) is 0 Å². The minimum Gasteiger partial charge on any atom is -0.342 e. The van der Waals surface area contributed by atoms with Gasteiger partial charge in [-0.3, -0.25) is 4.79 Å². The van der Waals surface area contributed by atoms with Gasteiger partial charge < -0.3 is 4.90 Å². The molecule has 0 radical (unpaired) electrons. The van der Waals surface area contributed by atoms with Crippen LogP contribution >= 0.6 is 10.7 Å². The zero-order valence-electron chi connectivity index (χ0n) is 11.3. The van der Waals surface area contributed by atoms with Crippen LogP contribution in [-0.2, 0) is 9.05 Å². The third-order valence-electron chi connectivity index (χ3n) is 2.82. The van der Waals surface area contributed by atoms with Gasteiger partial charge in [0, 0.05) is 24.3 Å². The Morgan fingerprint density at radius 3 is 2.53 bits per heavy atom. The fourth-order valence-electron chi connectivity index (χ4n) is 1.73. The summed E-state index contributed by atoms with van der Waals surface area (Å²) < 4.78 is 23.0. The molecule has 0 unspecified atom stereocenters. The summed E-state index contributed by atoms with van der Waals surface area (Å²) in [7, 11) is 3.10. The van der Waals surface area contributed by atoms with Gasteiger partial charge >= 0.3 is 0 Å². The van der Waals surface area contributed by atoms with Crippen molar-refractivity contribution in [3.05, 3.63) is 29.3 Å². The highest BCUT2D eigenvalue weighted by Crippen LogP contribution is 2.22. The van der Waals surface area contributed by atoms with Crippen molar-refractivity contribution in [2.45, 2.75) is 31.6 Å². The Bertz CT molecular complexity index is 569. The van der Waals surface area contributed by atoms with Crippen molar-refractivity contribution >= 4 is 25.6 Å². The Balaban J connectivity index is 3.18. The van der Waals surface area contributed by atoms with Crippen LogP contribution in [-0.4, -0.2) is 32.8 Å². The molecule has 0 saturated heterocycles. The second-order valence-corrected chi connectivity index (χ2v) is 7.05. The number of benzene rings is 1. The topological polar surface area (TPSA) is 54.5 Å². The lowest BCUT2D eigenvalue weighted by Gasteiger charge is -2.18. The summed E-state index contributed by atoms with van der Waals surface area (Å²) in [6.07, 6.45) is 1.84. The van der Waals surface area contributed by atoms with Gasteiger partial charge in [0.15, 0.2) is 0 Å². The van der Waals surface area contributed by atoms with Gasteiger partial charge in [-0.1, -0.05) is 25.0 Å². The molecule has 4 nitrogen and oxygen atoms in total. The lowest BCUT2D eigenvalue weighted by atomic mass is 10.1. The molecule has 0 spiro atoms. The van der Waals surface area contributed by atoms with Crippen molar-refractivity contribution < 1.29 is 13.2 Å². The predicted octanol–water partition coefficient (Wildman–Crippen LogP) is 2.79. The van der Waals surface area contributed by atoms with Gasteiger partial charge in [0.2, 0.25) is 0 Å². The molecule has 0 N–H and O–H groups in total. The number of nitrogens with zero attached hydrogens (tertiary/aromatic N) is 1. The van der Waals surface area contributed by atoms with Crippen LogP contribution in [0.2, 0.25) is 0 Å². The number of unbranched alkanes of at least 4 members (excludes halogenated alkanes) is 1. The highest BCUT2D eigenvalue weighted by atomic mass is 35.7. The second kappa shape index (κ2) is 6.39. The average molecular weight is 304 g/mol. The largest absolute Gasteiger partial charge is 0.342 e. The van der Waals surface area contributed by atoms with E-state index >= 15 is 0 Å². The van der Waals surface area contributed by atoms with Gasteiger partial charge in [0.1, 0.15) is 0 Å². The van der Waals surface area contributed by atoms with Crippen molar-refractivity contribution in [3.8, 4) is 0 Å². The summed E-state index contributed by atoms with van der Waals surface area (Å²) in [6, 6.07) is 4.55. The van der Waals surface area contributed by atoms with E-state index in [0.29, 0.717) is 6.54 Å². The SMILES string of the molecule is CCCCN(C)C(=O)c1cc(C)ccc1S(=O)(=O)Cl.